The van der Waals surface area contributed by atoms with Crippen molar-refractivity contribution in [1.82, 2.24) is 5.32 Å². The number of Topliss-reactive ketones (excluding diaryl/α,β-unsaturated/α-hetero) is 1. The van der Waals surface area contributed by atoms with Gasteiger partial charge in [0.1, 0.15) is 0 Å². The van der Waals surface area contributed by atoms with Gasteiger partial charge in [0.05, 0.1) is 18.6 Å². The van der Waals surface area contributed by atoms with Gasteiger partial charge in [-0.1, -0.05) is 62.8 Å². The zero-order valence-electron chi connectivity index (χ0n) is 16.4. The van der Waals surface area contributed by atoms with Crippen LogP contribution < -0.4 is 5.32 Å². The molecule has 0 fully saturated rings. The molecule has 154 valence electrons. The Morgan fingerprint density at radius 3 is 2.07 bits per heavy atom. The van der Waals surface area contributed by atoms with E-state index in [1.807, 2.05) is 0 Å². The number of fused-ring (bicyclic) bond motifs is 1. The summed E-state index contributed by atoms with van der Waals surface area (Å²) in [5.41, 5.74) is 1.33. The van der Waals surface area contributed by atoms with Crippen LogP contribution in [0.1, 0.15) is 72.1 Å². The van der Waals surface area contributed by atoms with E-state index in [0.717, 1.165) is 57.6 Å². The second-order valence-electron chi connectivity index (χ2n) is 7.08. The average molecular weight is 408 g/mol. The van der Waals surface area contributed by atoms with E-state index in [-0.39, 0.29) is 18.2 Å². The summed E-state index contributed by atoms with van der Waals surface area (Å²) in [6.45, 7) is 0.946. The first-order valence-corrected chi connectivity index (χ1v) is 11.7. The van der Waals surface area contributed by atoms with Gasteiger partial charge < -0.3 is 5.32 Å². The van der Waals surface area contributed by atoms with Gasteiger partial charge in [-0.3, -0.25) is 13.8 Å². The number of ketones is 2. The molecule has 2 rings (SSSR count). The second kappa shape index (κ2) is 11.1. The van der Waals surface area contributed by atoms with Gasteiger partial charge >= 0.3 is 0 Å². The molecule has 0 amide bonds. The van der Waals surface area contributed by atoms with Crippen molar-refractivity contribution in [3.8, 4) is 0 Å². The van der Waals surface area contributed by atoms with Gasteiger partial charge in [0, 0.05) is 23.7 Å². The Kier molecular flexibility index (Phi) is 8.86. The molecule has 0 aromatic heterocycles. The molecule has 1 aliphatic rings. The van der Waals surface area contributed by atoms with Crippen molar-refractivity contribution in [3.63, 3.8) is 0 Å². The maximum atomic E-state index is 12.4. The summed E-state index contributed by atoms with van der Waals surface area (Å²) < 4.78 is 26.3. The van der Waals surface area contributed by atoms with Crippen LogP contribution >= 0.6 is 0 Å². The Morgan fingerprint density at radius 1 is 0.857 bits per heavy atom. The molecule has 0 atom stereocenters. The minimum atomic E-state index is -3.31. The SMILES string of the molecule is CS(=O)(=O)OCCCCCCCCCCNC1=CC(=O)c2ccccc2C1=O. The normalized spacial score (nSPS) is 14.0. The minimum Gasteiger partial charge on any atom is -0.382 e. The van der Waals surface area contributed by atoms with E-state index in [0.29, 0.717) is 23.4 Å². The number of hydrogen-bond acceptors (Lipinski definition) is 6. The van der Waals surface area contributed by atoms with Gasteiger partial charge in [-0.15, -0.1) is 0 Å². The fourth-order valence-electron chi connectivity index (χ4n) is 3.17. The van der Waals surface area contributed by atoms with E-state index >= 15 is 0 Å². The van der Waals surface area contributed by atoms with Crippen molar-refractivity contribution in [2.75, 3.05) is 19.4 Å². The van der Waals surface area contributed by atoms with Gasteiger partial charge in [0.2, 0.25) is 5.78 Å². The molecule has 0 saturated carbocycles. The third-order valence-corrected chi connectivity index (χ3v) is 5.24. The Labute approximate surface area is 167 Å². The highest BCUT2D eigenvalue weighted by Crippen LogP contribution is 2.19. The van der Waals surface area contributed by atoms with Crippen molar-refractivity contribution in [1.29, 1.82) is 0 Å². The van der Waals surface area contributed by atoms with Gasteiger partial charge in [-0.25, -0.2) is 0 Å². The highest BCUT2D eigenvalue weighted by atomic mass is 32.2. The number of allylic oxidation sites excluding steroid dienone is 2. The number of carbonyl (C=O) groups is 2. The lowest BCUT2D eigenvalue weighted by atomic mass is 9.93. The number of carbonyl (C=O) groups excluding carboxylic acids is 2. The maximum Gasteiger partial charge on any atom is 0.264 e. The standard InChI is InChI=1S/C21H29NO5S/c1-28(25,26)27-15-11-7-5-3-2-4-6-10-14-22-19-16-20(23)17-12-8-9-13-18(17)21(19)24/h8-9,12-13,16,22H,2-7,10-11,14-15H2,1H3. The Hall–Kier alpha value is -1.99. The van der Waals surface area contributed by atoms with Crippen molar-refractivity contribution in [2.24, 2.45) is 0 Å². The van der Waals surface area contributed by atoms with Crippen LogP contribution in [0, 0.1) is 0 Å². The van der Waals surface area contributed by atoms with Crippen LogP contribution in [0.2, 0.25) is 0 Å². The lowest BCUT2D eigenvalue weighted by Crippen LogP contribution is -2.27. The number of rotatable bonds is 13. The zero-order chi connectivity index (χ0) is 20.4. The first kappa shape index (κ1) is 22.3. The summed E-state index contributed by atoms with van der Waals surface area (Å²) in [6, 6.07) is 6.91. The lowest BCUT2D eigenvalue weighted by Gasteiger charge is -2.16. The smallest absolute Gasteiger partial charge is 0.264 e. The third-order valence-electron chi connectivity index (χ3n) is 4.64. The first-order chi connectivity index (χ1) is 13.4. The molecular weight excluding hydrogens is 378 g/mol. The molecular formula is C21H29NO5S. The average Bonchev–Trinajstić information content (AvgIpc) is 2.65. The Morgan fingerprint density at radius 2 is 1.43 bits per heavy atom. The highest BCUT2D eigenvalue weighted by Gasteiger charge is 2.24. The zero-order valence-corrected chi connectivity index (χ0v) is 17.2. The first-order valence-electron chi connectivity index (χ1n) is 9.86. The Balaban J connectivity index is 1.51. The largest absolute Gasteiger partial charge is 0.382 e. The van der Waals surface area contributed by atoms with Crippen molar-refractivity contribution < 1.29 is 22.2 Å². The van der Waals surface area contributed by atoms with E-state index in [4.69, 9.17) is 4.18 Å². The molecule has 28 heavy (non-hydrogen) atoms. The van der Waals surface area contributed by atoms with Crippen molar-refractivity contribution in [3.05, 3.63) is 47.2 Å². The fraction of sp³-hybridized carbons (Fsp3) is 0.524. The van der Waals surface area contributed by atoms with Crippen molar-refractivity contribution in [2.45, 2.75) is 51.4 Å². The van der Waals surface area contributed by atoms with E-state index in [1.54, 1.807) is 24.3 Å². The summed E-state index contributed by atoms with van der Waals surface area (Å²) in [4.78, 5) is 24.5. The highest BCUT2D eigenvalue weighted by molar-refractivity contribution is 7.85. The Bertz CT molecular complexity index is 814. The predicted octanol–water partition coefficient (Wildman–Crippen LogP) is 3.64. The van der Waals surface area contributed by atoms with E-state index in [2.05, 4.69) is 5.32 Å². The van der Waals surface area contributed by atoms with E-state index < -0.39 is 10.1 Å². The quantitative estimate of drug-likeness (QED) is 0.397. The lowest BCUT2D eigenvalue weighted by molar-refractivity contribution is 0.0978. The van der Waals surface area contributed by atoms with Gasteiger partial charge in [-0.2, -0.15) is 8.42 Å². The molecule has 1 aliphatic carbocycles. The molecule has 0 heterocycles. The summed E-state index contributed by atoms with van der Waals surface area (Å²) >= 11 is 0. The molecule has 0 spiro atoms. The third kappa shape index (κ3) is 7.56. The van der Waals surface area contributed by atoms with Crippen LogP contribution in [-0.2, 0) is 14.3 Å². The number of hydrogen-bond donors (Lipinski definition) is 1. The fourth-order valence-corrected chi connectivity index (χ4v) is 3.59. The molecule has 0 bridgehead atoms. The van der Waals surface area contributed by atoms with Crippen LogP contribution in [0.4, 0.5) is 0 Å². The summed E-state index contributed by atoms with van der Waals surface area (Å²) in [7, 11) is -3.31. The summed E-state index contributed by atoms with van der Waals surface area (Å²) in [6.07, 6.45) is 10.7. The minimum absolute atomic E-state index is 0.116. The van der Waals surface area contributed by atoms with Gasteiger partial charge in [0.25, 0.3) is 10.1 Å². The molecule has 0 saturated heterocycles. The second-order valence-corrected chi connectivity index (χ2v) is 8.72. The molecule has 1 N–H and O–H groups in total. The van der Waals surface area contributed by atoms with E-state index in [9.17, 15) is 18.0 Å². The number of unbranched alkanes of at least 4 members (excludes halogenated alkanes) is 7. The van der Waals surface area contributed by atoms with E-state index in [1.165, 1.54) is 6.08 Å². The van der Waals surface area contributed by atoms with Crippen LogP contribution in [0.15, 0.2) is 36.0 Å². The molecule has 0 radical (unpaired) electrons. The van der Waals surface area contributed by atoms with Gasteiger partial charge in [-0.05, 0) is 12.8 Å². The number of nitrogens with one attached hydrogen (secondary N) is 1. The monoisotopic (exact) mass is 407 g/mol. The number of benzene rings is 1. The van der Waals surface area contributed by atoms with Crippen molar-refractivity contribution >= 4 is 21.7 Å². The van der Waals surface area contributed by atoms with Crippen LogP contribution in [0.3, 0.4) is 0 Å². The van der Waals surface area contributed by atoms with Crippen LogP contribution in [-0.4, -0.2) is 39.4 Å². The molecule has 6 nitrogen and oxygen atoms in total. The predicted molar refractivity (Wildman–Crippen MR) is 109 cm³/mol. The summed E-state index contributed by atoms with van der Waals surface area (Å²) in [5, 5.41) is 3.11. The van der Waals surface area contributed by atoms with Crippen LogP contribution in [0.25, 0.3) is 0 Å². The maximum absolute atomic E-state index is 12.4. The molecule has 0 unspecified atom stereocenters. The molecule has 7 heteroatoms. The summed E-state index contributed by atoms with van der Waals surface area (Å²) in [5.74, 6) is -0.241. The topological polar surface area (TPSA) is 89.5 Å². The molecule has 0 aliphatic heterocycles. The van der Waals surface area contributed by atoms with Gasteiger partial charge in [0.15, 0.2) is 5.78 Å². The van der Waals surface area contributed by atoms with Crippen LogP contribution in [0.5, 0.6) is 0 Å². The molecule has 1 aromatic rings. The molecule has 1 aromatic carbocycles.